The maximum atomic E-state index is 9.39. The zero-order chi connectivity index (χ0) is 11.2. The van der Waals surface area contributed by atoms with Crippen LogP contribution in [0.25, 0.3) is 0 Å². The van der Waals surface area contributed by atoms with Crippen LogP contribution in [0.3, 0.4) is 0 Å². The number of rotatable bonds is 4. The molecule has 1 aliphatic carbocycles. The molecule has 88 valence electrons. The molecule has 0 radical (unpaired) electrons. The molecular weight excluding hydrogens is 202 g/mol. The largest absolute Gasteiger partial charge is 0.393 e. The molecule has 0 aliphatic heterocycles. The molecule has 0 spiro atoms. The van der Waals surface area contributed by atoms with E-state index in [9.17, 15) is 5.11 Å². The Morgan fingerprint density at radius 1 is 1.31 bits per heavy atom. The van der Waals surface area contributed by atoms with Gasteiger partial charge in [-0.1, -0.05) is 0 Å². The van der Waals surface area contributed by atoms with Crippen molar-refractivity contribution in [2.75, 3.05) is 6.54 Å². The van der Waals surface area contributed by atoms with Gasteiger partial charge in [0.15, 0.2) is 0 Å². The first-order valence-electron chi connectivity index (χ1n) is 5.98. The first-order chi connectivity index (χ1) is 7.84. The van der Waals surface area contributed by atoms with Gasteiger partial charge in [0.2, 0.25) is 0 Å². The molecule has 0 atom stereocenters. The Kier molecular flexibility index (Phi) is 4.25. The van der Waals surface area contributed by atoms with Crippen molar-refractivity contribution < 1.29 is 5.11 Å². The van der Waals surface area contributed by atoms with Crippen LogP contribution >= 0.6 is 0 Å². The highest BCUT2D eigenvalue weighted by Gasteiger charge is 2.18. The minimum atomic E-state index is -0.0573. The Balaban J connectivity index is 1.65. The summed E-state index contributed by atoms with van der Waals surface area (Å²) in [6.07, 6.45) is 7.47. The zero-order valence-corrected chi connectivity index (χ0v) is 9.47. The molecule has 1 heterocycles. The molecule has 0 saturated heterocycles. The molecule has 1 fully saturated rings. The quantitative estimate of drug-likeness (QED) is 0.800. The van der Waals surface area contributed by atoms with E-state index < -0.39 is 0 Å². The van der Waals surface area contributed by atoms with Crippen molar-refractivity contribution in [2.24, 2.45) is 5.92 Å². The van der Waals surface area contributed by atoms with Crippen LogP contribution in [0.15, 0.2) is 18.6 Å². The molecule has 0 unspecified atom stereocenters. The summed E-state index contributed by atoms with van der Waals surface area (Å²) in [4.78, 5) is 8.04. The molecule has 2 N–H and O–H groups in total. The Bertz CT molecular complexity index is 296. The van der Waals surface area contributed by atoms with E-state index in [2.05, 4.69) is 15.3 Å². The van der Waals surface area contributed by atoms with Crippen LogP contribution in [0.1, 0.15) is 31.4 Å². The third-order valence-corrected chi connectivity index (χ3v) is 3.20. The molecule has 0 bridgehead atoms. The molecule has 1 aliphatic rings. The number of hydrogen-bond donors (Lipinski definition) is 2. The number of aliphatic hydroxyl groups excluding tert-OH is 1. The lowest BCUT2D eigenvalue weighted by atomic mass is 9.87. The summed E-state index contributed by atoms with van der Waals surface area (Å²) < 4.78 is 0. The van der Waals surface area contributed by atoms with Crippen LogP contribution in [0.4, 0.5) is 0 Å². The summed E-state index contributed by atoms with van der Waals surface area (Å²) in [7, 11) is 0. The van der Waals surface area contributed by atoms with Crippen molar-refractivity contribution in [1.82, 2.24) is 15.3 Å². The highest BCUT2D eigenvalue weighted by molar-refractivity contribution is 4.96. The van der Waals surface area contributed by atoms with Gasteiger partial charge in [-0.3, -0.25) is 0 Å². The molecule has 1 saturated carbocycles. The number of nitrogens with zero attached hydrogens (tertiary/aromatic N) is 2. The summed E-state index contributed by atoms with van der Waals surface area (Å²) in [6.45, 7) is 1.83. The van der Waals surface area contributed by atoms with Gasteiger partial charge < -0.3 is 10.4 Å². The number of aliphatic hydroxyl groups is 1. The fourth-order valence-corrected chi connectivity index (χ4v) is 2.18. The summed E-state index contributed by atoms with van der Waals surface area (Å²) >= 11 is 0. The average Bonchev–Trinajstić information content (AvgIpc) is 2.33. The van der Waals surface area contributed by atoms with Gasteiger partial charge in [-0.15, -0.1) is 0 Å². The topological polar surface area (TPSA) is 58.0 Å². The smallest absolute Gasteiger partial charge is 0.115 e. The summed E-state index contributed by atoms with van der Waals surface area (Å²) in [5, 5.41) is 12.8. The molecule has 0 aromatic carbocycles. The lowest BCUT2D eigenvalue weighted by Crippen LogP contribution is -2.27. The SMILES string of the molecule is OC1CCC(CNCc2ccncn2)CC1. The number of nitrogens with one attached hydrogen (secondary N) is 1. The number of hydrogen-bond acceptors (Lipinski definition) is 4. The van der Waals surface area contributed by atoms with Crippen LogP contribution in [0.5, 0.6) is 0 Å². The van der Waals surface area contributed by atoms with Crippen molar-refractivity contribution in [2.45, 2.75) is 38.3 Å². The standard InChI is InChI=1S/C12H19N3O/c16-12-3-1-10(2-4-12)7-14-8-11-5-6-13-9-15-11/h5-6,9-10,12,14,16H,1-4,7-8H2. The maximum Gasteiger partial charge on any atom is 0.115 e. The van der Waals surface area contributed by atoms with Gasteiger partial charge in [-0.2, -0.15) is 0 Å². The molecule has 4 nitrogen and oxygen atoms in total. The fraction of sp³-hybridized carbons (Fsp3) is 0.667. The Labute approximate surface area is 96.1 Å². The van der Waals surface area contributed by atoms with Crippen molar-refractivity contribution in [3.05, 3.63) is 24.3 Å². The Morgan fingerprint density at radius 2 is 2.12 bits per heavy atom. The summed E-state index contributed by atoms with van der Waals surface area (Å²) in [6, 6.07) is 1.93. The van der Waals surface area contributed by atoms with Crippen LogP contribution in [-0.2, 0) is 6.54 Å². The van der Waals surface area contributed by atoms with Crippen LogP contribution in [0.2, 0.25) is 0 Å². The van der Waals surface area contributed by atoms with E-state index in [1.165, 1.54) is 0 Å². The zero-order valence-electron chi connectivity index (χ0n) is 9.47. The second-order valence-electron chi connectivity index (χ2n) is 4.51. The van der Waals surface area contributed by atoms with E-state index in [4.69, 9.17) is 0 Å². The minimum absolute atomic E-state index is 0.0573. The maximum absolute atomic E-state index is 9.39. The van der Waals surface area contributed by atoms with Crippen molar-refractivity contribution in [1.29, 1.82) is 0 Å². The number of aromatic nitrogens is 2. The van der Waals surface area contributed by atoms with Crippen LogP contribution in [0, 0.1) is 5.92 Å². The molecular formula is C12H19N3O. The molecule has 1 aromatic rings. The molecule has 4 heteroatoms. The average molecular weight is 221 g/mol. The van der Waals surface area contributed by atoms with Gasteiger partial charge in [0, 0.05) is 12.7 Å². The Morgan fingerprint density at radius 3 is 2.81 bits per heavy atom. The third kappa shape index (κ3) is 3.54. The highest BCUT2D eigenvalue weighted by Crippen LogP contribution is 2.23. The second-order valence-corrected chi connectivity index (χ2v) is 4.51. The monoisotopic (exact) mass is 221 g/mol. The first-order valence-corrected chi connectivity index (χ1v) is 5.98. The summed E-state index contributed by atoms with van der Waals surface area (Å²) in [5.74, 6) is 0.713. The minimum Gasteiger partial charge on any atom is -0.393 e. The predicted molar refractivity (Wildman–Crippen MR) is 61.7 cm³/mol. The van der Waals surface area contributed by atoms with Gasteiger partial charge in [-0.25, -0.2) is 9.97 Å². The third-order valence-electron chi connectivity index (χ3n) is 3.20. The van der Waals surface area contributed by atoms with Gasteiger partial charge in [0.25, 0.3) is 0 Å². The second kappa shape index (κ2) is 5.92. The van der Waals surface area contributed by atoms with E-state index in [1.54, 1.807) is 12.5 Å². The van der Waals surface area contributed by atoms with E-state index >= 15 is 0 Å². The Hall–Kier alpha value is -1.00. The van der Waals surface area contributed by atoms with E-state index in [0.29, 0.717) is 5.92 Å². The molecule has 1 aromatic heterocycles. The van der Waals surface area contributed by atoms with Gasteiger partial charge in [0.1, 0.15) is 6.33 Å². The lowest BCUT2D eigenvalue weighted by molar-refractivity contribution is 0.108. The molecule has 16 heavy (non-hydrogen) atoms. The van der Waals surface area contributed by atoms with Crippen LogP contribution in [-0.4, -0.2) is 27.7 Å². The first kappa shape index (κ1) is 11.5. The van der Waals surface area contributed by atoms with Crippen molar-refractivity contribution in [3.63, 3.8) is 0 Å². The fourth-order valence-electron chi connectivity index (χ4n) is 2.18. The van der Waals surface area contributed by atoms with Gasteiger partial charge >= 0.3 is 0 Å². The van der Waals surface area contributed by atoms with Gasteiger partial charge in [0.05, 0.1) is 11.8 Å². The van der Waals surface area contributed by atoms with Crippen molar-refractivity contribution in [3.8, 4) is 0 Å². The van der Waals surface area contributed by atoms with E-state index in [0.717, 1.165) is 44.5 Å². The highest BCUT2D eigenvalue weighted by atomic mass is 16.3. The van der Waals surface area contributed by atoms with Gasteiger partial charge in [-0.05, 0) is 44.2 Å². The lowest BCUT2D eigenvalue weighted by Gasteiger charge is -2.25. The van der Waals surface area contributed by atoms with Crippen LogP contribution < -0.4 is 5.32 Å². The summed E-state index contributed by atoms with van der Waals surface area (Å²) in [5.41, 5.74) is 1.03. The van der Waals surface area contributed by atoms with E-state index in [-0.39, 0.29) is 6.10 Å². The van der Waals surface area contributed by atoms with E-state index in [1.807, 2.05) is 6.07 Å². The predicted octanol–water partition coefficient (Wildman–Crippen LogP) is 1.12. The van der Waals surface area contributed by atoms with Crippen molar-refractivity contribution >= 4 is 0 Å². The normalized spacial score (nSPS) is 25.6. The molecule has 0 amide bonds. The molecule has 2 rings (SSSR count).